The molecule has 0 aliphatic carbocycles. The molecular weight excluding hydrogens is 278 g/mol. The summed E-state index contributed by atoms with van der Waals surface area (Å²) in [5.41, 5.74) is 2.41. The number of aromatic nitrogens is 2. The Hall–Kier alpha value is -1.56. The molecule has 0 radical (unpaired) electrons. The maximum Gasteiger partial charge on any atom is 0.193 e. The maximum absolute atomic E-state index is 5.65. The lowest BCUT2D eigenvalue weighted by Crippen LogP contribution is -2.41. The third-order valence-corrected chi connectivity index (χ3v) is 3.98. The summed E-state index contributed by atoms with van der Waals surface area (Å²) in [5, 5.41) is 7.98. The van der Waals surface area contributed by atoms with E-state index in [0.29, 0.717) is 12.0 Å². The molecule has 1 aromatic heterocycles. The summed E-state index contributed by atoms with van der Waals surface area (Å²) in [6.45, 7) is 6.86. The smallest absolute Gasteiger partial charge is 0.193 e. The van der Waals surface area contributed by atoms with Crippen LogP contribution in [0.4, 0.5) is 0 Å². The standard InChI is InChI=1S/C16H29N5O/c1-12(2)15-13(11-21(5)19-15)10-20(4)16(17-3)18-9-14-7-6-8-22-14/h11-12,14H,6-10H2,1-5H3,(H,17,18). The van der Waals surface area contributed by atoms with Crippen LogP contribution in [0.25, 0.3) is 0 Å². The highest BCUT2D eigenvalue weighted by atomic mass is 16.5. The third kappa shape index (κ3) is 4.22. The van der Waals surface area contributed by atoms with Gasteiger partial charge in [-0.1, -0.05) is 13.8 Å². The fourth-order valence-electron chi connectivity index (χ4n) is 2.89. The van der Waals surface area contributed by atoms with E-state index in [1.54, 1.807) is 0 Å². The minimum atomic E-state index is 0.315. The highest BCUT2D eigenvalue weighted by Crippen LogP contribution is 2.18. The van der Waals surface area contributed by atoms with Crippen LogP contribution in [-0.2, 0) is 18.3 Å². The number of guanidine groups is 1. The quantitative estimate of drug-likeness (QED) is 0.665. The van der Waals surface area contributed by atoms with E-state index in [4.69, 9.17) is 4.74 Å². The van der Waals surface area contributed by atoms with Crippen LogP contribution < -0.4 is 5.32 Å². The first-order chi connectivity index (χ1) is 10.5. The molecule has 6 heteroatoms. The molecule has 1 aliphatic heterocycles. The van der Waals surface area contributed by atoms with Gasteiger partial charge in [0.15, 0.2) is 5.96 Å². The molecule has 1 fully saturated rings. The summed E-state index contributed by atoms with van der Waals surface area (Å²) < 4.78 is 7.54. The molecule has 0 spiro atoms. The fourth-order valence-corrected chi connectivity index (χ4v) is 2.89. The summed E-state index contributed by atoms with van der Waals surface area (Å²) in [4.78, 5) is 6.51. The molecule has 6 nitrogen and oxygen atoms in total. The number of aliphatic imine (C=N–C) groups is 1. The Bertz CT molecular complexity index is 503. The number of aryl methyl sites for hydroxylation is 1. The van der Waals surface area contributed by atoms with Crippen LogP contribution in [0.5, 0.6) is 0 Å². The van der Waals surface area contributed by atoms with E-state index in [1.165, 1.54) is 5.56 Å². The van der Waals surface area contributed by atoms with Gasteiger partial charge in [0.05, 0.1) is 11.8 Å². The monoisotopic (exact) mass is 307 g/mol. The molecule has 124 valence electrons. The summed E-state index contributed by atoms with van der Waals surface area (Å²) in [7, 11) is 5.85. The van der Waals surface area contributed by atoms with Crippen molar-refractivity contribution in [3.8, 4) is 0 Å². The van der Waals surface area contributed by atoms with Crippen LogP contribution in [0, 0.1) is 0 Å². The average molecular weight is 307 g/mol. The number of nitrogens with one attached hydrogen (secondary N) is 1. The highest BCUT2D eigenvalue weighted by molar-refractivity contribution is 5.79. The van der Waals surface area contributed by atoms with E-state index < -0.39 is 0 Å². The molecule has 2 rings (SSSR count). The zero-order chi connectivity index (χ0) is 16.1. The molecule has 2 heterocycles. The lowest BCUT2D eigenvalue weighted by atomic mass is 10.1. The second-order valence-corrected chi connectivity index (χ2v) is 6.29. The van der Waals surface area contributed by atoms with Crippen molar-refractivity contribution < 1.29 is 4.74 Å². The molecule has 1 aromatic rings. The van der Waals surface area contributed by atoms with Crippen LogP contribution in [0.3, 0.4) is 0 Å². The molecule has 0 bridgehead atoms. The van der Waals surface area contributed by atoms with Crippen LogP contribution in [-0.4, -0.2) is 54.0 Å². The number of rotatable bonds is 5. The van der Waals surface area contributed by atoms with Gasteiger partial charge in [0.25, 0.3) is 0 Å². The molecular formula is C16H29N5O. The van der Waals surface area contributed by atoms with Crippen molar-refractivity contribution >= 4 is 5.96 Å². The van der Waals surface area contributed by atoms with Crippen LogP contribution >= 0.6 is 0 Å². The molecule has 1 aliphatic rings. The Balaban J connectivity index is 1.95. The van der Waals surface area contributed by atoms with Crippen LogP contribution in [0.2, 0.25) is 0 Å². The van der Waals surface area contributed by atoms with Gasteiger partial charge in [-0.05, 0) is 18.8 Å². The zero-order valence-electron chi connectivity index (χ0n) is 14.5. The molecule has 1 atom stereocenters. The fraction of sp³-hybridized carbons (Fsp3) is 0.750. The number of ether oxygens (including phenoxy) is 1. The van der Waals surface area contributed by atoms with Crippen molar-refractivity contribution in [2.45, 2.75) is 45.3 Å². The van der Waals surface area contributed by atoms with E-state index in [1.807, 2.05) is 18.8 Å². The van der Waals surface area contributed by atoms with Gasteiger partial charge in [-0.3, -0.25) is 9.67 Å². The van der Waals surface area contributed by atoms with Crippen molar-refractivity contribution in [1.82, 2.24) is 20.0 Å². The Morgan fingerprint density at radius 3 is 2.95 bits per heavy atom. The molecule has 0 aromatic carbocycles. The minimum Gasteiger partial charge on any atom is -0.376 e. The maximum atomic E-state index is 5.65. The first-order valence-electron chi connectivity index (χ1n) is 8.07. The average Bonchev–Trinajstić information content (AvgIpc) is 3.09. The van der Waals surface area contributed by atoms with Gasteiger partial charge in [-0.25, -0.2) is 0 Å². The molecule has 1 unspecified atom stereocenters. The normalized spacial score (nSPS) is 19.0. The third-order valence-electron chi connectivity index (χ3n) is 3.98. The van der Waals surface area contributed by atoms with Crippen LogP contribution in [0.15, 0.2) is 11.2 Å². The van der Waals surface area contributed by atoms with E-state index in [-0.39, 0.29) is 0 Å². The van der Waals surface area contributed by atoms with Crippen molar-refractivity contribution in [2.75, 3.05) is 27.2 Å². The second-order valence-electron chi connectivity index (χ2n) is 6.29. The summed E-state index contributed by atoms with van der Waals surface area (Å²) in [5.74, 6) is 1.32. The van der Waals surface area contributed by atoms with Gasteiger partial charge in [-0.15, -0.1) is 0 Å². The molecule has 0 amide bonds. The van der Waals surface area contributed by atoms with E-state index >= 15 is 0 Å². The number of nitrogens with zero attached hydrogens (tertiary/aromatic N) is 4. The summed E-state index contributed by atoms with van der Waals surface area (Å²) in [6, 6.07) is 0. The second kappa shape index (κ2) is 7.63. The Labute approximate surface area is 133 Å². The van der Waals surface area contributed by atoms with Crippen LogP contribution in [0.1, 0.15) is 43.9 Å². The van der Waals surface area contributed by atoms with Gasteiger partial charge >= 0.3 is 0 Å². The van der Waals surface area contributed by atoms with E-state index in [2.05, 4.69) is 47.4 Å². The number of hydrogen-bond donors (Lipinski definition) is 1. The lowest BCUT2D eigenvalue weighted by Gasteiger charge is -2.23. The molecule has 22 heavy (non-hydrogen) atoms. The lowest BCUT2D eigenvalue weighted by molar-refractivity contribution is 0.113. The summed E-state index contributed by atoms with van der Waals surface area (Å²) in [6.07, 6.45) is 4.70. The predicted molar refractivity (Wildman–Crippen MR) is 89.1 cm³/mol. The van der Waals surface area contributed by atoms with Gasteiger partial charge in [0.1, 0.15) is 0 Å². The summed E-state index contributed by atoms with van der Waals surface area (Å²) >= 11 is 0. The van der Waals surface area contributed by atoms with Gasteiger partial charge in [-0.2, -0.15) is 5.10 Å². The Morgan fingerprint density at radius 2 is 2.36 bits per heavy atom. The van der Waals surface area contributed by atoms with Crippen molar-refractivity contribution in [1.29, 1.82) is 0 Å². The molecule has 0 saturated carbocycles. The minimum absolute atomic E-state index is 0.315. The van der Waals surface area contributed by atoms with E-state index in [9.17, 15) is 0 Å². The molecule has 1 saturated heterocycles. The first kappa shape index (κ1) is 16.8. The first-order valence-corrected chi connectivity index (χ1v) is 8.07. The number of hydrogen-bond acceptors (Lipinski definition) is 3. The van der Waals surface area contributed by atoms with Crippen molar-refractivity contribution in [3.05, 3.63) is 17.5 Å². The van der Waals surface area contributed by atoms with Gasteiger partial charge in [0, 0.05) is 52.6 Å². The highest BCUT2D eigenvalue weighted by Gasteiger charge is 2.18. The zero-order valence-corrected chi connectivity index (χ0v) is 14.5. The Morgan fingerprint density at radius 1 is 1.59 bits per heavy atom. The Kier molecular flexibility index (Phi) is 5.83. The molecule has 1 N–H and O–H groups in total. The SMILES string of the molecule is CN=C(NCC1CCCO1)N(C)Cc1cn(C)nc1C(C)C. The van der Waals surface area contributed by atoms with Gasteiger partial charge < -0.3 is 15.0 Å². The predicted octanol–water partition coefficient (Wildman–Crippen LogP) is 1.73. The van der Waals surface area contributed by atoms with Gasteiger partial charge in [0.2, 0.25) is 0 Å². The van der Waals surface area contributed by atoms with E-state index in [0.717, 1.165) is 44.2 Å². The van der Waals surface area contributed by atoms with Crippen molar-refractivity contribution in [2.24, 2.45) is 12.0 Å². The topological polar surface area (TPSA) is 54.7 Å². The van der Waals surface area contributed by atoms with Crippen molar-refractivity contribution in [3.63, 3.8) is 0 Å². The largest absolute Gasteiger partial charge is 0.376 e.